The van der Waals surface area contributed by atoms with Crippen LogP contribution in [0.5, 0.6) is 0 Å². The van der Waals surface area contributed by atoms with Gasteiger partial charge in [-0.3, -0.25) is 0 Å². The van der Waals surface area contributed by atoms with Gasteiger partial charge in [0.15, 0.2) is 0 Å². The zero-order chi connectivity index (χ0) is 20.2. The fraction of sp³-hybridized carbons (Fsp3) is 0.400. The van der Waals surface area contributed by atoms with Gasteiger partial charge in [-0.25, -0.2) is 13.1 Å². The summed E-state index contributed by atoms with van der Waals surface area (Å²) in [7, 11) is 0.0934. The van der Waals surface area contributed by atoms with E-state index in [1.807, 2.05) is 57.1 Å². The average Bonchev–Trinajstić information content (AvgIpc) is 2.65. The van der Waals surface area contributed by atoms with Crippen LogP contribution in [-0.2, 0) is 10.0 Å². The molecule has 27 heavy (non-hydrogen) atoms. The molecule has 0 bridgehead atoms. The molecule has 0 aliphatic carbocycles. The SMILES string of the molecule is CC[C@H](C)[C@H](NS(=O)(=O)c1ccc(Cl)cc1)C(O)c1ccc(N(C)C)cc1. The minimum Gasteiger partial charge on any atom is -0.387 e. The van der Waals surface area contributed by atoms with Crippen LogP contribution < -0.4 is 9.62 Å². The van der Waals surface area contributed by atoms with E-state index >= 15 is 0 Å². The van der Waals surface area contributed by atoms with E-state index in [9.17, 15) is 13.5 Å². The highest BCUT2D eigenvalue weighted by atomic mass is 35.5. The fourth-order valence-corrected chi connectivity index (χ4v) is 4.26. The summed E-state index contributed by atoms with van der Waals surface area (Å²) in [6.45, 7) is 3.89. The second-order valence-electron chi connectivity index (χ2n) is 6.92. The Morgan fingerprint density at radius 3 is 2.11 bits per heavy atom. The monoisotopic (exact) mass is 410 g/mol. The number of hydrogen-bond donors (Lipinski definition) is 2. The zero-order valence-corrected chi connectivity index (χ0v) is 17.6. The second-order valence-corrected chi connectivity index (χ2v) is 9.07. The van der Waals surface area contributed by atoms with Gasteiger partial charge in [-0.15, -0.1) is 0 Å². The molecule has 148 valence electrons. The molecule has 0 spiro atoms. The normalized spacial score (nSPS) is 15.2. The topological polar surface area (TPSA) is 69.6 Å². The van der Waals surface area contributed by atoms with E-state index in [0.29, 0.717) is 10.6 Å². The standard InChI is InChI=1S/C20H27ClN2O3S/c1-5-14(2)19(20(24)15-6-10-17(11-7-15)23(3)4)22-27(25,26)18-12-8-16(21)9-13-18/h6-14,19-20,22,24H,5H2,1-4H3/t14-,19-,20?/m0/s1. The minimum absolute atomic E-state index is 0.0596. The van der Waals surface area contributed by atoms with Crippen LogP contribution in [0.15, 0.2) is 53.4 Å². The Morgan fingerprint density at radius 1 is 1.07 bits per heavy atom. The number of aliphatic hydroxyl groups excluding tert-OH is 1. The predicted molar refractivity (Wildman–Crippen MR) is 111 cm³/mol. The summed E-state index contributed by atoms with van der Waals surface area (Å²) < 4.78 is 28.2. The van der Waals surface area contributed by atoms with E-state index in [-0.39, 0.29) is 10.8 Å². The van der Waals surface area contributed by atoms with Crippen molar-refractivity contribution < 1.29 is 13.5 Å². The first-order valence-electron chi connectivity index (χ1n) is 8.89. The minimum atomic E-state index is -3.78. The number of aliphatic hydroxyl groups is 1. The van der Waals surface area contributed by atoms with Crippen LogP contribution in [0, 0.1) is 5.92 Å². The van der Waals surface area contributed by atoms with Crippen molar-refractivity contribution >= 4 is 27.3 Å². The lowest BCUT2D eigenvalue weighted by Gasteiger charge is -2.29. The summed E-state index contributed by atoms with van der Waals surface area (Å²) in [6, 6.07) is 12.8. The number of nitrogens with one attached hydrogen (secondary N) is 1. The Kier molecular flexibility index (Phi) is 7.28. The Bertz CT molecular complexity index is 837. The highest BCUT2D eigenvalue weighted by Gasteiger charge is 2.30. The van der Waals surface area contributed by atoms with E-state index in [1.165, 1.54) is 24.3 Å². The molecule has 0 saturated heterocycles. The van der Waals surface area contributed by atoms with Gasteiger partial charge in [0.2, 0.25) is 10.0 Å². The van der Waals surface area contributed by atoms with Crippen molar-refractivity contribution in [1.29, 1.82) is 0 Å². The third-order valence-corrected chi connectivity index (χ3v) is 6.49. The van der Waals surface area contributed by atoms with Crippen LogP contribution in [-0.4, -0.2) is 33.7 Å². The van der Waals surface area contributed by atoms with Crippen LogP contribution in [0.4, 0.5) is 5.69 Å². The fourth-order valence-electron chi connectivity index (χ4n) is 2.78. The first-order valence-corrected chi connectivity index (χ1v) is 10.7. The molecule has 7 heteroatoms. The van der Waals surface area contributed by atoms with Gasteiger partial charge in [-0.05, 0) is 47.9 Å². The maximum atomic E-state index is 12.8. The number of nitrogens with zero attached hydrogens (tertiary/aromatic N) is 1. The molecule has 3 atom stereocenters. The summed E-state index contributed by atoms with van der Waals surface area (Å²) in [6.07, 6.45) is -0.237. The van der Waals surface area contributed by atoms with Crippen LogP contribution in [0.3, 0.4) is 0 Å². The van der Waals surface area contributed by atoms with Gasteiger partial charge in [0.25, 0.3) is 0 Å². The highest BCUT2D eigenvalue weighted by Crippen LogP contribution is 2.27. The number of hydrogen-bond acceptors (Lipinski definition) is 4. The first-order chi connectivity index (χ1) is 12.7. The molecule has 0 fully saturated rings. The Hall–Kier alpha value is -1.60. The Morgan fingerprint density at radius 2 is 1.63 bits per heavy atom. The maximum absolute atomic E-state index is 12.8. The highest BCUT2D eigenvalue weighted by molar-refractivity contribution is 7.89. The van der Waals surface area contributed by atoms with Crippen LogP contribution in [0.2, 0.25) is 5.02 Å². The molecule has 0 saturated carbocycles. The molecule has 0 radical (unpaired) electrons. The Labute approximate surface area is 167 Å². The molecule has 2 aromatic carbocycles. The molecular formula is C20H27ClN2O3S. The summed E-state index contributed by atoms with van der Waals surface area (Å²) >= 11 is 5.85. The molecule has 0 aliphatic rings. The number of benzene rings is 2. The lowest BCUT2D eigenvalue weighted by atomic mass is 9.91. The van der Waals surface area contributed by atoms with Gasteiger partial charge in [0.1, 0.15) is 0 Å². The molecule has 0 aliphatic heterocycles. The van der Waals surface area contributed by atoms with Crippen molar-refractivity contribution in [3.63, 3.8) is 0 Å². The van der Waals surface area contributed by atoms with Gasteiger partial charge < -0.3 is 10.0 Å². The average molecular weight is 411 g/mol. The third-order valence-electron chi connectivity index (χ3n) is 4.76. The molecule has 0 amide bonds. The maximum Gasteiger partial charge on any atom is 0.240 e. The molecule has 0 aromatic heterocycles. The third kappa shape index (κ3) is 5.45. The zero-order valence-electron chi connectivity index (χ0n) is 16.1. The van der Waals surface area contributed by atoms with Gasteiger partial charge in [-0.1, -0.05) is 44.0 Å². The number of rotatable bonds is 8. The van der Waals surface area contributed by atoms with Gasteiger partial charge in [0.05, 0.1) is 17.0 Å². The molecule has 2 N–H and O–H groups in total. The van der Waals surface area contributed by atoms with Crippen molar-refractivity contribution in [2.45, 2.75) is 37.3 Å². The summed E-state index contributed by atoms with van der Waals surface area (Å²) in [5.74, 6) is -0.0596. The lowest BCUT2D eigenvalue weighted by molar-refractivity contribution is 0.112. The van der Waals surface area contributed by atoms with E-state index in [1.54, 1.807) is 0 Å². The van der Waals surface area contributed by atoms with Crippen LogP contribution in [0.25, 0.3) is 0 Å². The van der Waals surface area contributed by atoms with Gasteiger partial charge in [-0.2, -0.15) is 0 Å². The number of anilines is 1. The summed E-state index contributed by atoms with van der Waals surface area (Å²) in [5, 5.41) is 11.4. The first kappa shape index (κ1) is 21.7. The van der Waals surface area contributed by atoms with E-state index in [2.05, 4.69) is 4.72 Å². The van der Waals surface area contributed by atoms with Crippen molar-refractivity contribution in [3.05, 3.63) is 59.1 Å². The molecule has 2 rings (SSSR count). The van der Waals surface area contributed by atoms with E-state index in [4.69, 9.17) is 11.6 Å². The van der Waals surface area contributed by atoms with Crippen LogP contribution >= 0.6 is 11.6 Å². The molecule has 2 aromatic rings. The summed E-state index contributed by atoms with van der Waals surface area (Å²) in [5.41, 5.74) is 1.68. The van der Waals surface area contributed by atoms with Gasteiger partial charge in [0, 0.05) is 24.8 Å². The second kappa shape index (κ2) is 9.06. The lowest BCUT2D eigenvalue weighted by Crippen LogP contribution is -2.43. The smallest absolute Gasteiger partial charge is 0.240 e. The van der Waals surface area contributed by atoms with E-state index in [0.717, 1.165) is 12.1 Å². The van der Waals surface area contributed by atoms with Crippen molar-refractivity contribution in [2.75, 3.05) is 19.0 Å². The van der Waals surface area contributed by atoms with E-state index < -0.39 is 22.2 Å². The largest absolute Gasteiger partial charge is 0.387 e. The van der Waals surface area contributed by atoms with Gasteiger partial charge >= 0.3 is 0 Å². The van der Waals surface area contributed by atoms with Crippen molar-refractivity contribution in [1.82, 2.24) is 4.72 Å². The molecule has 1 unspecified atom stereocenters. The Balaban J connectivity index is 2.30. The quantitative estimate of drug-likeness (QED) is 0.693. The molecule has 5 nitrogen and oxygen atoms in total. The number of sulfonamides is 1. The molecular weight excluding hydrogens is 384 g/mol. The van der Waals surface area contributed by atoms with Crippen molar-refractivity contribution in [3.8, 4) is 0 Å². The summed E-state index contributed by atoms with van der Waals surface area (Å²) in [4.78, 5) is 2.08. The molecule has 0 heterocycles. The number of halogens is 1. The van der Waals surface area contributed by atoms with Crippen molar-refractivity contribution in [2.24, 2.45) is 5.92 Å². The van der Waals surface area contributed by atoms with Crippen LogP contribution in [0.1, 0.15) is 31.9 Å². The predicted octanol–water partition coefficient (Wildman–Crippen LogP) is 3.83.